The highest BCUT2D eigenvalue weighted by Crippen LogP contribution is 2.14. The molecule has 2 nitrogen and oxygen atoms in total. The van der Waals surface area contributed by atoms with Gasteiger partial charge in [-0.1, -0.05) is 82.1 Å². The van der Waals surface area contributed by atoms with Gasteiger partial charge in [0, 0.05) is 6.42 Å². The van der Waals surface area contributed by atoms with E-state index in [-0.39, 0.29) is 6.61 Å². The molecule has 0 aromatic heterocycles. The van der Waals surface area contributed by atoms with Crippen LogP contribution in [0, 0.1) is 11.8 Å². The van der Waals surface area contributed by atoms with Crippen molar-refractivity contribution in [1.29, 1.82) is 0 Å². The van der Waals surface area contributed by atoms with Gasteiger partial charge in [0.1, 0.15) is 5.60 Å². The van der Waals surface area contributed by atoms with Crippen molar-refractivity contribution >= 4 is 0 Å². The molecule has 0 bridgehead atoms. The van der Waals surface area contributed by atoms with Crippen LogP contribution in [0.5, 0.6) is 0 Å². The minimum Gasteiger partial charge on any atom is -0.392 e. The standard InChI is InChI=1S/C23H36O2/c1-4-5-6-7-8-9-10-11-12-13-18-23(2,3)25-20-22-16-14-21(19-24)15-17-22/h14-17,24H,4-12,19-20H2,1-3H3. The number of rotatable bonds is 12. The second-order valence-corrected chi connectivity index (χ2v) is 7.30. The zero-order valence-electron chi connectivity index (χ0n) is 16.4. The van der Waals surface area contributed by atoms with Gasteiger partial charge in [0.2, 0.25) is 0 Å². The molecule has 0 fully saturated rings. The molecule has 0 atom stereocenters. The number of ether oxygens (including phenoxy) is 1. The van der Waals surface area contributed by atoms with E-state index in [1.54, 1.807) is 0 Å². The molecule has 0 aliphatic rings. The summed E-state index contributed by atoms with van der Waals surface area (Å²) < 4.78 is 5.94. The summed E-state index contributed by atoms with van der Waals surface area (Å²) >= 11 is 0. The molecule has 0 aliphatic carbocycles. The monoisotopic (exact) mass is 344 g/mol. The van der Waals surface area contributed by atoms with Crippen molar-refractivity contribution in [2.75, 3.05) is 0 Å². The van der Waals surface area contributed by atoms with Crippen molar-refractivity contribution < 1.29 is 9.84 Å². The minimum absolute atomic E-state index is 0.0802. The van der Waals surface area contributed by atoms with Crippen LogP contribution in [0.1, 0.15) is 89.7 Å². The molecule has 0 aliphatic heterocycles. The maximum absolute atomic E-state index is 9.06. The molecule has 1 aromatic carbocycles. The van der Waals surface area contributed by atoms with Gasteiger partial charge in [-0.2, -0.15) is 0 Å². The van der Waals surface area contributed by atoms with Gasteiger partial charge in [-0.15, -0.1) is 5.92 Å². The van der Waals surface area contributed by atoms with E-state index in [1.165, 1.54) is 51.4 Å². The van der Waals surface area contributed by atoms with Gasteiger partial charge in [0.15, 0.2) is 0 Å². The van der Waals surface area contributed by atoms with Crippen molar-refractivity contribution in [3.63, 3.8) is 0 Å². The summed E-state index contributed by atoms with van der Waals surface area (Å²) in [7, 11) is 0. The van der Waals surface area contributed by atoms with Crippen molar-refractivity contribution in [3.8, 4) is 11.8 Å². The molecule has 0 spiro atoms. The highest BCUT2D eigenvalue weighted by atomic mass is 16.5. The van der Waals surface area contributed by atoms with E-state index >= 15 is 0 Å². The Morgan fingerprint density at radius 1 is 0.880 bits per heavy atom. The summed E-state index contributed by atoms with van der Waals surface area (Å²) in [5, 5.41) is 9.06. The van der Waals surface area contributed by atoms with Crippen molar-refractivity contribution in [2.24, 2.45) is 0 Å². The number of hydrogen-bond acceptors (Lipinski definition) is 2. The molecular formula is C23H36O2. The zero-order valence-corrected chi connectivity index (χ0v) is 16.4. The first kappa shape index (κ1) is 21.7. The fourth-order valence-corrected chi connectivity index (χ4v) is 2.66. The van der Waals surface area contributed by atoms with Gasteiger partial charge in [-0.05, 0) is 31.4 Å². The molecule has 0 heterocycles. The SMILES string of the molecule is CCCCCCCCCCC#CC(C)(C)OCc1ccc(CO)cc1. The van der Waals surface area contributed by atoms with Crippen LogP contribution < -0.4 is 0 Å². The predicted molar refractivity (Wildman–Crippen MR) is 106 cm³/mol. The van der Waals surface area contributed by atoms with E-state index in [4.69, 9.17) is 9.84 Å². The largest absolute Gasteiger partial charge is 0.392 e. The van der Waals surface area contributed by atoms with E-state index in [0.717, 1.165) is 17.5 Å². The molecule has 0 unspecified atom stereocenters. The molecule has 1 rings (SSSR count). The van der Waals surface area contributed by atoms with Crippen molar-refractivity contribution in [1.82, 2.24) is 0 Å². The number of hydrogen-bond donors (Lipinski definition) is 1. The Bertz CT molecular complexity index is 505. The van der Waals surface area contributed by atoms with E-state index in [2.05, 4.69) is 18.8 Å². The van der Waals surface area contributed by atoms with E-state index < -0.39 is 5.60 Å². The molecule has 2 heteroatoms. The van der Waals surface area contributed by atoms with Gasteiger partial charge in [-0.3, -0.25) is 0 Å². The first-order valence-electron chi connectivity index (χ1n) is 9.90. The Morgan fingerprint density at radius 2 is 1.44 bits per heavy atom. The Hall–Kier alpha value is -1.30. The molecule has 0 saturated heterocycles. The summed E-state index contributed by atoms with van der Waals surface area (Å²) in [5.74, 6) is 6.54. The maximum Gasteiger partial charge on any atom is 0.123 e. The second kappa shape index (κ2) is 13.0. The summed E-state index contributed by atoms with van der Waals surface area (Å²) in [6.45, 7) is 6.93. The summed E-state index contributed by atoms with van der Waals surface area (Å²) in [6, 6.07) is 7.85. The molecular weight excluding hydrogens is 308 g/mol. The molecule has 140 valence electrons. The average molecular weight is 345 g/mol. The smallest absolute Gasteiger partial charge is 0.123 e. The Labute approximate surface area is 155 Å². The van der Waals surface area contributed by atoms with Crippen LogP contribution >= 0.6 is 0 Å². The van der Waals surface area contributed by atoms with Gasteiger partial charge >= 0.3 is 0 Å². The quantitative estimate of drug-likeness (QED) is 0.372. The highest BCUT2D eigenvalue weighted by molar-refractivity contribution is 5.21. The lowest BCUT2D eigenvalue weighted by molar-refractivity contribution is 0.0143. The Balaban J connectivity index is 2.16. The first-order valence-corrected chi connectivity index (χ1v) is 9.90. The van der Waals surface area contributed by atoms with Crippen LogP contribution in [-0.4, -0.2) is 10.7 Å². The third-order valence-electron chi connectivity index (χ3n) is 4.35. The van der Waals surface area contributed by atoms with Crippen LogP contribution in [-0.2, 0) is 18.0 Å². The Morgan fingerprint density at radius 3 is 2.04 bits per heavy atom. The third-order valence-corrected chi connectivity index (χ3v) is 4.35. The van der Waals surface area contributed by atoms with Crippen molar-refractivity contribution in [3.05, 3.63) is 35.4 Å². The van der Waals surface area contributed by atoms with E-state index in [1.807, 2.05) is 38.1 Å². The third kappa shape index (κ3) is 11.0. The minimum atomic E-state index is -0.421. The molecule has 0 saturated carbocycles. The second-order valence-electron chi connectivity index (χ2n) is 7.30. The molecule has 1 aromatic rings. The number of unbranched alkanes of at least 4 members (excludes halogenated alkanes) is 8. The van der Waals surface area contributed by atoms with Gasteiger partial charge in [0.25, 0.3) is 0 Å². The van der Waals surface area contributed by atoms with Crippen molar-refractivity contribution in [2.45, 2.75) is 97.4 Å². The fourth-order valence-electron chi connectivity index (χ4n) is 2.66. The lowest BCUT2D eigenvalue weighted by atomic mass is 10.1. The van der Waals surface area contributed by atoms with Gasteiger partial charge in [-0.25, -0.2) is 0 Å². The maximum atomic E-state index is 9.06. The van der Waals surface area contributed by atoms with Gasteiger partial charge in [0.05, 0.1) is 13.2 Å². The zero-order chi connectivity index (χ0) is 18.4. The normalized spacial score (nSPS) is 11.2. The summed E-state index contributed by atoms with van der Waals surface area (Å²) in [6.07, 6.45) is 11.6. The van der Waals surface area contributed by atoms with Crippen LogP contribution in [0.25, 0.3) is 0 Å². The molecule has 25 heavy (non-hydrogen) atoms. The van der Waals surface area contributed by atoms with Crippen LogP contribution in [0.3, 0.4) is 0 Å². The first-order chi connectivity index (χ1) is 12.1. The number of benzene rings is 1. The van der Waals surface area contributed by atoms with E-state index in [9.17, 15) is 0 Å². The average Bonchev–Trinajstić information content (AvgIpc) is 2.62. The summed E-state index contributed by atoms with van der Waals surface area (Å²) in [5.41, 5.74) is 1.61. The van der Waals surface area contributed by atoms with Crippen LogP contribution in [0.15, 0.2) is 24.3 Å². The Kier molecular flexibility index (Phi) is 11.3. The molecule has 0 amide bonds. The van der Waals surface area contributed by atoms with Gasteiger partial charge < -0.3 is 9.84 Å². The topological polar surface area (TPSA) is 29.5 Å². The lowest BCUT2D eigenvalue weighted by Crippen LogP contribution is -2.21. The number of aliphatic hydroxyl groups is 1. The molecule has 1 N–H and O–H groups in total. The van der Waals surface area contributed by atoms with Crippen LogP contribution in [0.4, 0.5) is 0 Å². The predicted octanol–water partition coefficient (Wildman–Crippen LogP) is 6.01. The highest BCUT2D eigenvalue weighted by Gasteiger charge is 2.14. The fraction of sp³-hybridized carbons (Fsp3) is 0.652. The van der Waals surface area contributed by atoms with Crippen LogP contribution in [0.2, 0.25) is 0 Å². The van der Waals surface area contributed by atoms with E-state index in [0.29, 0.717) is 6.61 Å². The number of aliphatic hydroxyl groups excluding tert-OH is 1. The lowest BCUT2D eigenvalue weighted by Gasteiger charge is -2.19. The summed E-state index contributed by atoms with van der Waals surface area (Å²) in [4.78, 5) is 0. The molecule has 0 radical (unpaired) electrons.